The number of rotatable bonds is 16. The third kappa shape index (κ3) is 11.5. The van der Waals surface area contributed by atoms with Crippen LogP contribution in [-0.2, 0) is 16.1 Å². The second-order valence-corrected chi connectivity index (χ2v) is 6.50. The predicted molar refractivity (Wildman–Crippen MR) is 104 cm³/mol. The average molecular weight is 336 g/mol. The van der Waals surface area contributed by atoms with E-state index in [0.29, 0.717) is 0 Å². The SMILES string of the molecule is CCCCCCCNc1ccc(COCCCCCCOC)cc1. The van der Waals surface area contributed by atoms with Gasteiger partial charge in [0.05, 0.1) is 6.61 Å². The number of methoxy groups -OCH3 is 1. The number of hydrogen-bond donors (Lipinski definition) is 1. The van der Waals surface area contributed by atoms with E-state index >= 15 is 0 Å². The van der Waals surface area contributed by atoms with E-state index in [1.807, 2.05) is 0 Å². The van der Waals surface area contributed by atoms with Crippen molar-refractivity contribution < 1.29 is 9.47 Å². The van der Waals surface area contributed by atoms with Crippen molar-refractivity contribution in [3.05, 3.63) is 29.8 Å². The Morgan fingerprint density at radius 1 is 0.792 bits per heavy atom. The minimum atomic E-state index is 0.718. The van der Waals surface area contributed by atoms with Crippen molar-refractivity contribution in [3.63, 3.8) is 0 Å². The molecule has 0 aromatic heterocycles. The molecular weight excluding hydrogens is 298 g/mol. The van der Waals surface area contributed by atoms with E-state index < -0.39 is 0 Å². The molecule has 3 heteroatoms. The van der Waals surface area contributed by atoms with Crippen molar-refractivity contribution >= 4 is 5.69 Å². The summed E-state index contributed by atoms with van der Waals surface area (Å²) in [5.41, 5.74) is 2.47. The summed E-state index contributed by atoms with van der Waals surface area (Å²) < 4.78 is 10.8. The maximum Gasteiger partial charge on any atom is 0.0716 e. The Balaban J connectivity index is 2.01. The largest absolute Gasteiger partial charge is 0.385 e. The normalized spacial score (nSPS) is 10.9. The Morgan fingerprint density at radius 2 is 1.46 bits per heavy atom. The van der Waals surface area contributed by atoms with Crippen LogP contribution in [0.4, 0.5) is 5.69 Å². The van der Waals surface area contributed by atoms with Crippen LogP contribution in [-0.4, -0.2) is 26.9 Å². The van der Waals surface area contributed by atoms with Gasteiger partial charge in [0, 0.05) is 32.6 Å². The first-order valence-electron chi connectivity index (χ1n) is 9.76. The number of unbranched alkanes of at least 4 members (excludes halogenated alkanes) is 7. The third-order valence-corrected chi connectivity index (χ3v) is 4.22. The van der Waals surface area contributed by atoms with Gasteiger partial charge < -0.3 is 14.8 Å². The molecule has 0 unspecified atom stereocenters. The Kier molecular flexibility index (Phi) is 13.5. The molecule has 0 aliphatic heterocycles. The van der Waals surface area contributed by atoms with E-state index in [2.05, 4.69) is 36.5 Å². The molecular formula is C21H37NO2. The molecule has 0 bridgehead atoms. The van der Waals surface area contributed by atoms with Crippen LogP contribution in [0, 0.1) is 0 Å². The van der Waals surface area contributed by atoms with Crippen molar-refractivity contribution in [1.29, 1.82) is 0 Å². The van der Waals surface area contributed by atoms with Crippen molar-refractivity contribution in [1.82, 2.24) is 0 Å². The fourth-order valence-corrected chi connectivity index (χ4v) is 2.67. The highest BCUT2D eigenvalue weighted by atomic mass is 16.5. The summed E-state index contributed by atoms with van der Waals surface area (Å²) in [7, 11) is 1.76. The summed E-state index contributed by atoms with van der Waals surface area (Å²) in [6.45, 7) is 5.77. The van der Waals surface area contributed by atoms with Gasteiger partial charge in [-0.3, -0.25) is 0 Å². The van der Waals surface area contributed by atoms with Crippen LogP contribution in [0.1, 0.15) is 70.3 Å². The van der Waals surface area contributed by atoms with Crippen LogP contribution in [0.5, 0.6) is 0 Å². The van der Waals surface area contributed by atoms with E-state index in [9.17, 15) is 0 Å². The Morgan fingerprint density at radius 3 is 2.17 bits per heavy atom. The summed E-state index contributed by atoms with van der Waals surface area (Å²) in [6, 6.07) is 8.65. The zero-order chi connectivity index (χ0) is 17.3. The van der Waals surface area contributed by atoms with Crippen molar-refractivity contribution in [2.24, 2.45) is 0 Å². The molecule has 1 aromatic rings. The Labute approximate surface area is 149 Å². The van der Waals surface area contributed by atoms with Crippen LogP contribution in [0.3, 0.4) is 0 Å². The molecule has 0 heterocycles. The van der Waals surface area contributed by atoms with Crippen molar-refractivity contribution in [2.45, 2.75) is 71.3 Å². The first-order valence-corrected chi connectivity index (χ1v) is 9.76. The molecule has 1 aromatic carbocycles. The average Bonchev–Trinajstić information content (AvgIpc) is 2.61. The van der Waals surface area contributed by atoms with E-state index in [1.165, 1.54) is 56.2 Å². The highest BCUT2D eigenvalue weighted by molar-refractivity contribution is 5.44. The van der Waals surface area contributed by atoms with Crippen LogP contribution in [0.25, 0.3) is 0 Å². The molecule has 0 amide bonds. The third-order valence-electron chi connectivity index (χ3n) is 4.22. The molecule has 0 spiro atoms. The second-order valence-electron chi connectivity index (χ2n) is 6.50. The van der Waals surface area contributed by atoms with Gasteiger partial charge in [-0.05, 0) is 37.0 Å². The number of hydrogen-bond acceptors (Lipinski definition) is 3. The van der Waals surface area contributed by atoms with E-state index in [-0.39, 0.29) is 0 Å². The zero-order valence-corrected chi connectivity index (χ0v) is 15.8. The summed E-state index contributed by atoms with van der Waals surface area (Å²) in [5.74, 6) is 0. The van der Waals surface area contributed by atoms with E-state index in [1.54, 1.807) is 7.11 Å². The summed E-state index contributed by atoms with van der Waals surface area (Å²) in [4.78, 5) is 0. The van der Waals surface area contributed by atoms with Crippen molar-refractivity contribution in [3.8, 4) is 0 Å². The van der Waals surface area contributed by atoms with Gasteiger partial charge in [-0.15, -0.1) is 0 Å². The topological polar surface area (TPSA) is 30.5 Å². The first-order chi connectivity index (χ1) is 11.9. The highest BCUT2D eigenvalue weighted by Gasteiger charge is 1.96. The summed E-state index contributed by atoms with van der Waals surface area (Å²) in [5, 5.41) is 3.50. The van der Waals surface area contributed by atoms with Gasteiger partial charge in [-0.2, -0.15) is 0 Å². The van der Waals surface area contributed by atoms with Gasteiger partial charge in [0.1, 0.15) is 0 Å². The summed E-state index contributed by atoms with van der Waals surface area (Å²) in [6.07, 6.45) is 11.4. The molecule has 0 radical (unpaired) electrons. The first kappa shape index (κ1) is 21.0. The number of ether oxygens (including phenoxy) is 2. The maximum atomic E-state index is 5.75. The van der Waals surface area contributed by atoms with Gasteiger partial charge in [-0.1, -0.05) is 57.6 Å². The van der Waals surface area contributed by atoms with Gasteiger partial charge >= 0.3 is 0 Å². The quantitative estimate of drug-likeness (QED) is 0.388. The molecule has 0 fully saturated rings. The summed E-state index contributed by atoms with van der Waals surface area (Å²) >= 11 is 0. The predicted octanol–water partition coefficient (Wildman–Crippen LogP) is 5.79. The van der Waals surface area contributed by atoms with Gasteiger partial charge in [0.2, 0.25) is 0 Å². The number of benzene rings is 1. The van der Waals surface area contributed by atoms with Crippen molar-refractivity contribution in [2.75, 3.05) is 32.2 Å². The molecule has 24 heavy (non-hydrogen) atoms. The second kappa shape index (κ2) is 15.5. The van der Waals surface area contributed by atoms with E-state index in [4.69, 9.17) is 9.47 Å². The minimum absolute atomic E-state index is 0.718. The number of nitrogens with one attached hydrogen (secondary N) is 1. The van der Waals surface area contributed by atoms with Crippen LogP contribution in [0.2, 0.25) is 0 Å². The minimum Gasteiger partial charge on any atom is -0.385 e. The lowest BCUT2D eigenvalue weighted by molar-refractivity contribution is 0.116. The van der Waals surface area contributed by atoms with Crippen LogP contribution < -0.4 is 5.32 Å². The van der Waals surface area contributed by atoms with Crippen LogP contribution in [0.15, 0.2) is 24.3 Å². The molecule has 0 aliphatic carbocycles. The maximum absolute atomic E-state index is 5.75. The lowest BCUT2D eigenvalue weighted by atomic mass is 10.1. The van der Waals surface area contributed by atoms with Gasteiger partial charge in [-0.25, -0.2) is 0 Å². The molecule has 1 rings (SSSR count). The van der Waals surface area contributed by atoms with Crippen LogP contribution >= 0.6 is 0 Å². The molecule has 1 N–H and O–H groups in total. The fourth-order valence-electron chi connectivity index (χ4n) is 2.67. The number of anilines is 1. The fraction of sp³-hybridized carbons (Fsp3) is 0.714. The lowest BCUT2D eigenvalue weighted by Gasteiger charge is -2.08. The standard InChI is InChI=1S/C21H37NO2/c1-3-4-5-6-9-16-22-21-14-12-20(13-15-21)19-24-18-11-8-7-10-17-23-2/h12-15,22H,3-11,16-19H2,1-2H3. The molecule has 0 aliphatic rings. The Hall–Kier alpha value is -1.06. The van der Waals surface area contributed by atoms with E-state index in [0.717, 1.165) is 39.2 Å². The molecule has 0 saturated carbocycles. The molecule has 138 valence electrons. The molecule has 0 atom stereocenters. The zero-order valence-electron chi connectivity index (χ0n) is 15.8. The lowest BCUT2D eigenvalue weighted by Crippen LogP contribution is -2.01. The smallest absolute Gasteiger partial charge is 0.0716 e. The van der Waals surface area contributed by atoms with Gasteiger partial charge in [0.15, 0.2) is 0 Å². The monoisotopic (exact) mass is 335 g/mol. The Bertz CT molecular complexity index is 378. The molecule has 0 saturated heterocycles. The molecule has 3 nitrogen and oxygen atoms in total. The highest BCUT2D eigenvalue weighted by Crippen LogP contribution is 2.11. The van der Waals surface area contributed by atoms with Gasteiger partial charge in [0.25, 0.3) is 0 Å².